The van der Waals surface area contributed by atoms with Crippen molar-refractivity contribution < 1.29 is 9.21 Å². The van der Waals surface area contributed by atoms with Gasteiger partial charge in [0.25, 0.3) is 0 Å². The SMILES string of the molecule is O=C(NCc1ccc2cc(Cl)ccc2n1)[C@H]1CC[C@H](c2nnc(-c3ccc(Cl)cc3)o2)CC1. The van der Waals surface area contributed by atoms with Gasteiger partial charge in [0.05, 0.1) is 17.8 Å². The van der Waals surface area contributed by atoms with Gasteiger partial charge in [-0.1, -0.05) is 29.3 Å². The largest absolute Gasteiger partial charge is 0.420 e. The van der Waals surface area contributed by atoms with Crippen LogP contribution >= 0.6 is 23.2 Å². The Morgan fingerprint density at radius 2 is 1.70 bits per heavy atom. The number of aromatic nitrogens is 3. The average molecular weight is 481 g/mol. The second-order valence-corrected chi connectivity index (χ2v) is 9.23. The van der Waals surface area contributed by atoms with Crippen molar-refractivity contribution in [3.63, 3.8) is 0 Å². The van der Waals surface area contributed by atoms with Crippen molar-refractivity contribution in [2.24, 2.45) is 5.92 Å². The Kier molecular flexibility index (Phi) is 6.29. The molecule has 4 aromatic rings. The van der Waals surface area contributed by atoms with Gasteiger partial charge in [0.2, 0.25) is 17.7 Å². The third kappa shape index (κ3) is 5.02. The zero-order valence-electron chi connectivity index (χ0n) is 17.8. The molecule has 33 heavy (non-hydrogen) atoms. The highest BCUT2D eigenvalue weighted by molar-refractivity contribution is 6.31. The summed E-state index contributed by atoms with van der Waals surface area (Å²) in [6.07, 6.45) is 3.27. The standard InChI is InChI=1S/C25H22Cl2N4O2/c26-19-8-5-17(6-9-19)25-31-30-24(33-25)16-3-1-15(2-4-16)23(32)28-14-21-11-7-18-13-20(27)10-12-22(18)29-21/h5-13,15-16H,1-4,14H2,(H,28,32)/t15-,16-. The van der Waals surface area contributed by atoms with E-state index in [4.69, 9.17) is 27.6 Å². The minimum absolute atomic E-state index is 0.0147. The molecule has 1 saturated carbocycles. The number of pyridine rings is 1. The van der Waals surface area contributed by atoms with Gasteiger partial charge in [0.15, 0.2) is 0 Å². The van der Waals surface area contributed by atoms with E-state index < -0.39 is 0 Å². The van der Waals surface area contributed by atoms with Gasteiger partial charge in [-0.25, -0.2) is 0 Å². The molecule has 0 atom stereocenters. The van der Waals surface area contributed by atoms with Crippen LogP contribution in [0.25, 0.3) is 22.4 Å². The van der Waals surface area contributed by atoms with Crippen molar-refractivity contribution in [1.29, 1.82) is 0 Å². The van der Waals surface area contributed by atoms with E-state index in [1.807, 2.05) is 42.5 Å². The Bertz CT molecular complexity index is 1280. The first-order chi connectivity index (χ1) is 16.0. The van der Waals surface area contributed by atoms with E-state index in [2.05, 4.69) is 20.5 Å². The summed E-state index contributed by atoms with van der Waals surface area (Å²) in [7, 11) is 0. The highest BCUT2D eigenvalue weighted by Crippen LogP contribution is 2.36. The molecular formula is C25H22Cl2N4O2. The molecule has 6 nitrogen and oxygen atoms in total. The number of amides is 1. The highest BCUT2D eigenvalue weighted by Gasteiger charge is 2.30. The maximum Gasteiger partial charge on any atom is 0.247 e. The van der Waals surface area contributed by atoms with E-state index >= 15 is 0 Å². The number of nitrogens with one attached hydrogen (secondary N) is 1. The molecular weight excluding hydrogens is 459 g/mol. The van der Waals surface area contributed by atoms with Gasteiger partial charge in [-0.3, -0.25) is 9.78 Å². The fourth-order valence-electron chi connectivity index (χ4n) is 4.27. The predicted molar refractivity (Wildman–Crippen MR) is 128 cm³/mol. The Morgan fingerprint density at radius 1 is 0.939 bits per heavy atom. The summed E-state index contributed by atoms with van der Waals surface area (Å²) < 4.78 is 5.91. The van der Waals surface area contributed by atoms with Gasteiger partial charge >= 0.3 is 0 Å². The molecule has 1 aliphatic rings. The molecule has 0 spiro atoms. The molecule has 1 amide bonds. The first kappa shape index (κ1) is 21.9. The van der Waals surface area contributed by atoms with Gasteiger partial charge in [-0.15, -0.1) is 10.2 Å². The van der Waals surface area contributed by atoms with Crippen molar-refractivity contribution >= 4 is 40.0 Å². The molecule has 0 unspecified atom stereocenters. The number of benzene rings is 2. The average Bonchev–Trinajstić information content (AvgIpc) is 3.33. The number of nitrogens with zero attached hydrogens (tertiary/aromatic N) is 3. The summed E-state index contributed by atoms with van der Waals surface area (Å²) in [5.74, 6) is 1.36. The summed E-state index contributed by atoms with van der Waals surface area (Å²) in [4.78, 5) is 17.3. The lowest BCUT2D eigenvalue weighted by molar-refractivity contribution is -0.126. The summed E-state index contributed by atoms with van der Waals surface area (Å²) >= 11 is 12.0. The van der Waals surface area contributed by atoms with Crippen LogP contribution in [0.1, 0.15) is 43.2 Å². The number of rotatable bonds is 5. The maximum atomic E-state index is 12.7. The molecule has 2 aromatic carbocycles. The van der Waals surface area contributed by atoms with Crippen LogP contribution in [-0.4, -0.2) is 21.1 Å². The van der Waals surface area contributed by atoms with E-state index in [1.165, 1.54) is 0 Å². The second-order valence-electron chi connectivity index (χ2n) is 8.36. The van der Waals surface area contributed by atoms with Gasteiger partial charge in [0.1, 0.15) is 0 Å². The van der Waals surface area contributed by atoms with Crippen molar-refractivity contribution in [2.75, 3.05) is 0 Å². The lowest BCUT2D eigenvalue weighted by atomic mass is 9.81. The van der Waals surface area contributed by atoms with Crippen molar-refractivity contribution in [1.82, 2.24) is 20.5 Å². The summed E-state index contributed by atoms with van der Waals surface area (Å²) in [6.45, 7) is 0.408. The zero-order chi connectivity index (χ0) is 22.8. The second kappa shape index (κ2) is 9.49. The smallest absolute Gasteiger partial charge is 0.247 e. The molecule has 8 heteroatoms. The molecule has 2 aromatic heterocycles. The fourth-order valence-corrected chi connectivity index (χ4v) is 4.58. The highest BCUT2D eigenvalue weighted by atomic mass is 35.5. The molecule has 0 bridgehead atoms. The zero-order valence-corrected chi connectivity index (χ0v) is 19.3. The van der Waals surface area contributed by atoms with Crippen LogP contribution in [0, 0.1) is 5.92 Å². The van der Waals surface area contributed by atoms with Gasteiger partial charge in [0, 0.05) is 32.8 Å². The van der Waals surface area contributed by atoms with Crippen LogP contribution in [0.5, 0.6) is 0 Å². The fraction of sp³-hybridized carbons (Fsp3) is 0.280. The van der Waals surface area contributed by atoms with Crippen molar-refractivity contribution in [3.05, 3.63) is 76.2 Å². The summed E-state index contributed by atoms with van der Waals surface area (Å²) in [5, 5.41) is 13.8. The molecule has 1 fully saturated rings. The Hall–Kier alpha value is -2.96. The van der Waals surface area contributed by atoms with Crippen LogP contribution in [0.4, 0.5) is 0 Å². The quantitative estimate of drug-likeness (QED) is 0.368. The molecule has 168 valence electrons. The number of fused-ring (bicyclic) bond motifs is 1. The van der Waals surface area contributed by atoms with Crippen LogP contribution in [0.2, 0.25) is 10.0 Å². The Morgan fingerprint density at radius 3 is 2.48 bits per heavy atom. The first-order valence-corrected chi connectivity index (χ1v) is 11.7. The molecule has 1 N–H and O–H groups in total. The number of hydrogen-bond acceptors (Lipinski definition) is 5. The van der Waals surface area contributed by atoms with E-state index in [0.29, 0.717) is 28.4 Å². The van der Waals surface area contributed by atoms with Crippen LogP contribution < -0.4 is 5.32 Å². The first-order valence-electron chi connectivity index (χ1n) is 11.0. The number of carbonyl (C=O) groups excluding carboxylic acids is 1. The van der Waals surface area contributed by atoms with E-state index in [1.54, 1.807) is 12.1 Å². The summed E-state index contributed by atoms with van der Waals surface area (Å²) in [6, 6.07) is 16.8. The normalized spacial score (nSPS) is 18.4. The minimum atomic E-state index is -0.0147. The molecule has 0 saturated heterocycles. The topological polar surface area (TPSA) is 80.9 Å². The molecule has 2 heterocycles. The number of hydrogen-bond donors (Lipinski definition) is 1. The maximum absolute atomic E-state index is 12.7. The third-order valence-corrected chi connectivity index (χ3v) is 6.62. The molecule has 5 rings (SSSR count). The third-order valence-electron chi connectivity index (χ3n) is 6.13. The van der Waals surface area contributed by atoms with Crippen molar-refractivity contribution in [3.8, 4) is 11.5 Å². The van der Waals surface area contributed by atoms with Crippen LogP contribution in [-0.2, 0) is 11.3 Å². The Labute approximate surface area is 201 Å². The predicted octanol–water partition coefficient (Wildman–Crippen LogP) is 6.18. The van der Waals surface area contributed by atoms with Crippen LogP contribution in [0.15, 0.2) is 59.0 Å². The monoisotopic (exact) mass is 480 g/mol. The summed E-state index contributed by atoms with van der Waals surface area (Å²) in [5.41, 5.74) is 2.54. The van der Waals surface area contributed by atoms with Crippen molar-refractivity contribution in [2.45, 2.75) is 38.1 Å². The van der Waals surface area contributed by atoms with E-state index in [0.717, 1.165) is 47.8 Å². The van der Waals surface area contributed by atoms with Gasteiger partial charge < -0.3 is 9.73 Å². The molecule has 1 aliphatic carbocycles. The minimum Gasteiger partial charge on any atom is -0.420 e. The Balaban J connectivity index is 1.14. The van der Waals surface area contributed by atoms with Crippen LogP contribution in [0.3, 0.4) is 0 Å². The molecule has 0 radical (unpaired) electrons. The van der Waals surface area contributed by atoms with Gasteiger partial charge in [-0.05, 0) is 74.2 Å². The number of halogens is 2. The lowest BCUT2D eigenvalue weighted by Gasteiger charge is -2.25. The molecule has 0 aliphatic heterocycles. The van der Waals surface area contributed by atoms with E-state index in [-0.39, 0.29) is 17.7 Å². The number of carbonyl (C=O) groups is 1. The lowest BCUT2D eigenvalue weighted by Crippen LogP contribution is -2.32. The van der Waals surface area contributed by atoms with E-state index in [9.17, 15) is 4.79 Å². The van der Waals surface area contributed by atoms with Gasteiger partial charge in [-0.2, -0.15) is 0 Å².